The maximum absolute atomic E-state index is 13.2. The van der Waals surface area contributed by atoms with Crippen LogP contribution in [0.1, 0.15) is 25.3 Å². The average molecular weight is 308 g/mol. The van der Waals surface area contributed by atoms with Gasteiger partial charge in [-0.05, 0) is 44.0 Å². The van der Waals surface area contributed by atoms with Gasteiger partial charge in [0.05, 0.1) is 6.54 Å². The Morgan fingerprint density at radius 2 is 2.23 bits per heavy atom. The highest BCUT2D eigenvalue weighted by molar-refractivity contribution is 5.80. The van der Waals surface area contributed by atoms with Crippen LogP contribution in [0.15, 0.2) is 24.3 Å². The molecule has 1 aliphatic rings. The zero-order valence-electron chi connectivity index (χ0n) is 12.7. The van der Waals surface area contributed by atoms with Crippen LogP contribution >= 0.6 is 0 Å². The molecule has 5 nitrogen and oxygen atoms in total. The van der Waals surface area contributed by atoms with Gasteiger partial charge >= 0.3 is 5.97 Å². The van der Waals surface area contributed by atoms with Crippen LogP contribution in [-0.4, -0.2) is 52.5 Å². The number of hydrogen-bond acceptors (Lipinski definition) is 3. The predicted octanol–water partition coefficient (Wildman–Crippen LogP) is 1.72. The van der Waals surface area contributed by atoms with E-state index in [9.17, 15) is 14.0 Å². The Morgan fingerprint density at radius 3 is 2.86 bits per heavy atom. The Balaban J connectivity index is 1.98. The molecule has 0 aromatic heterocycles. The number of likely N-dealkylation sites (tertiary alicyclic amines) is 1. The number of likely N-dealkylation sites (N-methyl/N-ethyl adjacent to an activating group) is 1. The van der Waals surface area contributed by atoms with Crippen LogP contribution in [0.3, 0.4) is 0 Å². The Morgan fingerprint density at radius 1 is 1.45 bits per heavy atom. The van der Waals surface area contributed by atoms with Crippen molar-refractivity contribution >= 4 is 11.9 Å². The molecule has 6 heteroatoms. The largest absolute Gasteiger partial charge is 0.480 e. The lowest BCUT2D eigenvalue weighted by atomic mass is 10.2. The number of hydrogen-bond donors (Lipinski definition) is 1. The lowest BCUT2D eigenvalue weighted by Crippen LogP contribution is -2.44. The summed E-state index contributed by atoms with van der Waals surface area (Å²) in [6, 6.07) is 5.59. The van der Waals surface area contributed by atoms with E-state index in [4.69, 9.17) is 5.11 Å². The summed E-state index contributed by atoms with van der Waals surface area (Å²) in [4.78, 5) is 26.9. The van der Waals surface area contributed by atoms with Crippen molar-refractivity contribution in [2.24, 2.45) is 0 Å². The Kier molecular flexibility index (Phi) is 5.49. The van der Waals surface area contributed by atoms with E-state index in [0.29, 0.717) is 26.1 Å². The molecule has 1 fully saturated rings. The molecular weight excluding hydrogens is 287 g/mol. The van der Waals surface area contributed by atoms with Gasteiger partial charge in [-0.15, -0.1) is 0 Å². The number of aliphatic carboxylic acids is 1. The van der Waals surface area contributed by atoms with Gasteiger partial charge in [0, 0.05) is 13.1 Å². The van der Waals surface area contributed by atoms with Crippen LogP contribution in [0.2, 0.25) is 0 Å². The van der Waals surface area contributed by atoms with E-state index in [1.807, 2.05) is 6.92 Å². The molecule has 1 aromatic rings. The number of carboxylic acid groups (broad SMARTS) is 1. The van der Waals surface area contributed by atoms with Gasteiger partial charge in [0.15, 0.2) is 0 Å². The summed E-state index contributed by atoms with van der Waals surface area (Å²) in [6.07, 6.45) is 1.37. The van der Waals surface area contributed by atoms with Crippen molar-refractivity contribution in [3.63, 3.8) is 0 Å². The molecular formula is C16H21FN2O3. The van der Waals surface area contributed by atoms with Crippen molar-refractivity contribution in [1.29, 1.82) is 0 Å². The van der Waals surface area contributed by atoms with Gasteiger partial charge in [0.1, 0.15) is 11.9 Å². The van der Waals surface area contributed by atoms with E-state index in [0.717, 1.165) is 12.0 Å². The molecule has 0 spiro atoms. The monoisotopic (exact) mass is 308 g/mol. The Bertz CT molecular complexity index is 550. The molecule has 0 saturated carbocycles. The molecule has 0 radical (unpaired) electrons. The molecule has 1 aliphatic heterocycles. The molecule has 120 valence electrons. The van der Waals surface area contributed by atoms with Gasteiger partial charge in [-0.25, -0.2) is 4.39 Å². The van der Waals surface area contributed by atoms with E-state index < -0.39 is 12.0 Å². The minimum Gasteiger partial charge on any atom is -0.480 e. The van der Waals surface area contributed by atoms with Crippen molar-refractivity contribution in [3.8, 4) is 0 Å². The van der Waals surface area contributed by atoms with Crippen molar-refractivity contribution in [2.45, 2.75) is 32.4 Å². The number of amides is 1. The van der Waals surface area contributed by atoms with Gasteiger partial charge in [-0.2, -0.15) is 0 Å². The first-order chi connectivity index (χ1) is 10.5. The summed E-state index contributed by atoms with van der Waals surface area (Å²) < 4.78 is 13.2. The Labute approximate surface area is 129 Å². The van der Waals surface area contributed by atoms with Gasteiger partial charge < -0.3 is 10.0 Å². The van der Waals surface area contributed by atoms with Crippen LogP contribution in [0.5, 0.6) is 0 Å². The number of rotatable bonds is 6. The summed E-state index contributed by atoms with van der Waals surface area (Å²) in [5.41, 5.74) is 0.728. The van der Waals surface area contributed by atoms with E-state index in [-0.39, 0.29) is 18.3 Å². The summed E-state index contributed by atoms with van der Waals surface area (Å²) in [5, 5.41) is 9.15. The van der Waals surface area contributed by atoms with Crippen molar-refractivity contribution in [2.75, 3.05) is 19.6 Å². The SMILES string of the molecule is CCN(Cc1cccc(F)c1)C(=O)CN1CCC[C@@H]1C(=O)O. The fraction of sp³-hybridized carbons (Fsp3) is 0.500. The predicted molar refractivity (Wildman–Crippen MR) is 79.7 cm³/mol. The first-order valence-electron chi connectivity index (χ1n) is 7.50. The summed E-state index contributed by atoms with van der Waals surface area (Å²) in [7, 11) is 0. The minimum atomic E-state index is -0.876. The molecule has 1 saturated heterocycles. The lowest BCUT2D eigenvalue weighted by Gasteiger charge is -2.26. The lowest BCUT2D eigenvalue weighted by molar-refractivity contribution is -0.143. The van der Waals surface area contributed by atoms with Gasteiger partial charge in [0.25, 0.3) is 0 Å². The fourth-order valence-corrected chi connectivity index (χ4v) is 2.80. The minimum absolute atomic E-state index is 0.0973. The highest BCUT2D eigenvalue weighted by atomic mass is 19.1. The normalized spacial score (nSPS) is 18.4. The smallest absolute Gasteiger partial charge is 0.320 e. The second-order valence-electron chi connectivity index (χ2n) is 5.50. The summed E-state index contributed by atoms with van der Waals surface area (Å²) >= 11 is 0. The average Bonchev–Trinajstić information content (AvgIpc) is 2.93. The molecule has 0 unspecified atom stereocenters. The number of benzene rings is 1. The number of carbonyl (C=O) groups is 2. The third kappa shape index (κ3) is 4.04. The molecule has 2 rings (SSSR count). The number of halogens is 1. The highest BCUT2D eigenvalue weighted by Gasteiger charge is 2.32. The molecule has 0 bridgehead atoms. The first kappa shape index (κ1) is 16.4. The molecule has 1 N–H and O–H groups in total. The topological polar surface area (TPSA) is 60.9 Å². The highest BCUT2D eigenvalue weighted by Crippen LogP contribution is 2.17. The van der Waals surface area contributed by atoms with Crippen molar-refractivity contribution in [1.82, 2.24) is 9.80 Å². The zero-order chi connectivity index (χ0) is 16.1. The molecule has 1 heterocycles. The zero-order valence-corrected chi connectivity index (χ0v) is 12.7. The van der Waals surface area contributed by atoms with Gasteiger partial charge in [0.2, 0.25) is 5.91 Å². The third-order valence-electron chi connectivity index (χ3n) is 3.98. The Hall–Kier alpha value is -1.95. The molecule has 1 atom stereocenters. The van der Waals surface area contributed by atoms with E-state index in [1.54, 1.807) is 21.9 Å². The maximum Gasteiger partial charge on any atom is 0.320 e. The second-order valence-corrected chi connectivity index (χ2v) is 5.50. The third-order valence-corrected chi connectivity index (χ3v) is 3.98. The van der Waals surface area contributed by atoms with Crippen LogP contribution in [-0.2, 0) is 16.1 Å². The standard InChI is InChI=1S/C16H21FN2O3/c1-2-18(10-12-5-3-6-13(17)9-12)15(20)11-19-8-4-7-14(19)16(21)22/h3,5-6,9,14H,2,4,7-8,10-11H2,1H3,(H,21,22)/t14-/m1/s1. The molecule has 0 aliphatic carbocycles. The number of carbonyl (C=O) groups excluding carboxylic acids is 1. The molecule has 1 aromatic carbocycles. The van der Waals surface area contributed by atoms with Crippen molar-refractivity contribution in [3.05, 3.63) is 35.6 Å². The number of carboxylic acids is 1. The van der Waals surface area contributed by atoms with Crippen LogP contribution in [0, 0.1) is 5.82 Å². The molecule has 22 heavy (non-hydrogen) atoms. The second kappa shape index (κ2) is 7.35. The first-order valence-corrected chi connectivity index (χ1v) is 7.50. The van der Waals surface area contributed by atoms with Gasteiger partial charge in [-0.1, -0.05) is 12.1 Å². The van der Waals surface area contributed by atoms with Gasteiger partial charge in [-0.3, -0.25) is 14.5 Å². The van der Waals surface area contributed by atoms with E-state index >= 15 is 0 Å². The fourth-order valence-electron chi connectivity index (χ4n) is 2.80. The quantitative estimate of drug-likeness (QED) is 0.869. The maximum atomic E-state index is 13.2. The van der Waals surface area contributed by atoms with Crippen LogP contribution in [0.4, 0.5) is 4.39 Å². The van der Waals surface area contributed by atoms with E-state index in [2.05, 4.69) is 0 Å². The van der Waals surface area contributed by atoms with Crippen LogP contribution in [0.25, 0.3) is 0 Å². The van der Waals surface area contributed by atoms with E-state index in [1.165, 1.54) is 12.1 Å². The summed E-state index contributed by atoms with van der Waals surface area (Å²) in [5.74, 6) is -1.33. The summed E-state index contributed by atoms with van der Waals surface area (Å²) in [6.45, 7) is 3.41. The van der Waals surface area contributed by atoms with Crippen molar-refractivity contribution < 1.29 is 19.1 Å². The molecule has 1 amide bonds. The van der Waals surface area contributed by atoms with Crippen LogP contribution < -0.4 is 0 Å². The number of nitrogens with zero attached hydrogens (tertiary/aromatic N) is 2.